The zero-order valence-electron chi connectivity index (χ0n) is 14.3. The van der Waals surface area contributed by atoms with Gasteiger partial charge in [-0.25, -0.2) is 8.42 Å². The monoisotopic (exact) mass is 400 g/mol. The zero-order valence-corrected chi connectivity index (χ0v) is 16.7. The van der Waals surface area contributed by atoms with Gasteiger partial charge in [0.05, 0.1) is 15.8 Å². The molecule has 0 aliphatic heterocycles. The van der Waals surface area contributed by atoms with Gasteiger partial charge in [-0.15, -0.1) is 0 Å². The molecule has 0 heterocycles. The van der Waals surface area contributed by atoms with Crippen molar-refractivity contribution < 1.29 is 8.42 Å². The van der Waals surface area contributed by atoms with Gasteiger partial charge in [-0.3, -0.25) is 0 Å². The molecule has 0 aromatic heterocycles. The summed E-state index contributed by atoms with van der Waals surface area (Å²) >= 11 is 11.9. The van der Waals surface area contributed by atoms with Gasteiger partial charge >= 0.3 is 0 Å². The second-order valence-electron chi connectivity index (χ2n) is 6.13. The van der Waals surface area contributed by atoms with Crippen molar-refractivity contribution in [2.75, 3.05) is 27.2 Å². The summed E-state index contributed by atoms with van der Waals surface area (Å²) in [5.74, 6) is -0.107. The smallest absolute Gasteiger partial charge is 0.218 e. The molecule has 4 nitrogen and oxygen atoms in total. The summed E-state index contributed by atoms with van der Waals surface area (Å²) in [7, 11) is 0.352. The molecule has 7 heteroatoms. The summed E-state index contributed by atoms with van der Waals surface area (Å²) in [4.78, 5) is 1.96. The molecule has 2 aromatic carbocycles. The van der Waals surface area contributed by atoms with Gasteiger partial charge in [0.25, 0.3) is 0 Å². The molecule has 0 unspecified atom stereocenters. The molecular formula is C18H22Cl2N2O2S. The van der Waals surface area contributed by atoms with Crippen LogP contribution in [0.25, 0.3) is 0 Å². The Balaban J connectivity index is 2.21. The summed E-state index contributed by atoms with van der Waals surface area (Å²) in [6, 6.07) is 14.5. The molecule has 0 aliphatic rings. The summed E-state index contributed by atoms with van der Waals surface area (Å²) < 4.78 is 27.4. The highest BCUT2D eigenvalue weighted by molar-refractivity contribution is 7.88. The van der Waals surface area contributed by atoms with E-state index in [1.807, 2.05) is 49.3 Å². The van der Waals surface area contributed by atoms with Crippen LogP contribution in [0.2, 0.25) is 10.0 Å². The second-order valence-corrected chi connectivity index (χ2v) is 8.91. The van der Waals surface area contributed by atoms with E-state index in [1.165, 1.54) is 4.31 Å². The topological polar surface area (TPSA) is 40.6 Å². The van der Waals surface area contributed by atoms with E-state index in [1.54, 1.807) is 18.2 Å². The van der Waals surface area contributed by atoms with Crippen molar-refractivity contribution in [3.63, 3.8) is 0 Å². The third-order valence-corrected chi connectivity index (χ3v) is 6.26. The largest absolute Gasteiger partial charge is 0.308 e. The first-order valence-corrected chi connectivity index (χ1v) is 10.2. The van der Waals surface area contributed by atoms with Crippen molar-refractivity contribution in [1.29, 1.82) is 0 Å². The molecule has 0 N–H and O–H groups in total. The molecule has 25 heavy (non-hydrogen) atoms. The fourth-order valence-electron chi connectivity index (χ4n) is 2.35. The van der Waals surface area contributed by atoms with Crippen molar-refractivity contribution in [2.45, 2.75) is 12.3 Å². The predicted molar refractivity (Wildman–Crippen MR) is 104 cm³/mol. The molecule has 0 saturated heterocycles. The van der Waals surface area contributed by atoms with E-state index in [0.717, 1.165) is 5.56 Å². The highest BCUT2D eigenvalue weighted by Gasteiger charge is 2.23. The van der Waals surface area contributed by atoms with Crippen LogP contribution in [0.5, 0.6) is 0 Å². The fourth-order valence-corrected chi connectivity index (χ4v) is 4.16. The van der Waals surface area contributed by atoms with Crippen molar-refractivity contribution in [1.82, 2.24) is 9.21 Å². The minimum absolute atomic E-state index is 0.107. The molecule has 0 fully saturated rings. The fraction of sp³-hybridized carbons (Fsp3) is 0.333. The van der Waals surface area contributed by atoms with Crippen LogP contribution >= 0.6 is 23.2 Å². The average molecular weight is 401 g/mol. The summed E-state index contributed by atoms with van der Waals surface area (Å²) in [5.41, 5.74) is 1.58. The van der Waals surface area contributed by atoms with Crippen LogP contribution in [0, 0.1) is 0 Å². The molecule has 0 saturated carbocycles. The first-order valence-electron chi connectivity index (χ1n) is 7.88. The van der Waals surface area contributed by atoms with Gasteiger partial charge < -0.3 is 4.90 Å². The Labute approximate surface area is 160 Å². The number of nitrogens with zero attached hydrogens (tertiary/aromatic N) is 2. The Kier molecular flexibility index (Phi) is 7.28. The van der Waals surface area contributed by atoms with Crippen LogP contribution in [-0.2, 0) is 22.3 Å². The molecule has 136 valence electrons. The van der Waals surface area contributed by atoms with Crippen molar-refractivity contribution in [2.24, 2.45) is 0 Å². The van der Waals surface area contributed by atoms with Gasteiger partial charge in [0, 0.05) is 19.6 Å². The summed E-state index contributed by atoms with van der Waals surface area (Å²) in [5, 5.41) is 0.772. The van der Waals surface area contributed by atoms with Crippen molar-refractivity contribution in [3.8, 4) is 0 Å². The Morgan fingerprint density at radius 3 is 2.16 bits per heavy atom. The van der Waals surface area contributed by atoms with E-state index in [2.05, 4.69) is 0 Å². The second kappa shape index (κ2) is 9.01. The maximum absolute atomic E-state index is 12.9. The Bertz CT molecular complexity index is 796. The van der Waals surface area contributed by atoms with Gasteiger partial charge in [-0.2, -0.15) is 4.31 Å². The Morgan fingerprint density at radius 1 is 0.880 bits per heavy atom. The highest BCUT2D eigenvalue weighted by atomic mass is 35.5. The third kappa shape index (κ3) is 6.28. The SMILES string of the molecule is CN(C)CCN(Cc1ccccc1)S(=O)(=O)Cc1ccc(Cl)c(Cl)c1. The first-order chi connectivity index (χ1) is 11.8. The maximum Gasteiger partial charge on any atom is 0.218 e. The molecule has 2 aromatic rings. The molecule has 0 spiro atoms. The van der Waals surface area contributed by atoms with E-state index in [-0.39, 0.29) is 5.75 Å². The van der Waals surface area contributed by atoms with Crippen LogP contribution in [0.1, 0.15) is 11.1 Å². The van der Waals surface area contributed by atoms with Gasteiger partial charge in [-0.1, -0.05) is 59.6 Å². The maximum atomic E-state index is 12.9. The standard InChI is InChI=1S/C18H22Cl2N2O2S/c1-21(2)10-11-22(13-15-6-4-3-5-7-15)25(23,24)14-16-8-9-17(19)18(20)12-16/h3-9,12H,10-11,13-14H2,1-2H3. The molecular weight excluding hydrogens is 379 g/mol. The summed E-state index contributed by atoms with van der Waals surface area (Å²) in [6.07, 6.45) is 0. The quantitative estimate of drug-likeness (QED) is 0.674. The molecule has 0 atom stereocenters. The number of sulfonamides is 1. The van der Waals surface area contributed by atoms with Gasteiger partial charge in [0.15, 0.2) is 0 Å². The van der Waals surface area contributed by atoms with Gasteiger partial charge in [0.2, 0.25) is 10.0 Å². The number of rotatable bonds is 8. The first kappa shape index (κ1) is 20.2. The lowest BCUT2D eigenvalue weighted by molar-refractivity contribution is 0.329. The van der Waals surface area contributed by atoms with E-state index in [4.69, 9.17) is 23.2 Å². The lowest BCUT2D eigenvalue weighted by Gasteiger charge is -2.24. The van der Waals surface area contributed by atoms with Gasteiger partial charge in [0.1, 0.15) is 0 Å². The lowest BCUT2D eigenvalue weighted by atomic mass is 10.2. The summed E-state index contributed by atoms with van der Waals surface area (Å²) in [6.45, 7) is 1.41. The van der Waals surface area contributed by atoms with Crippen LogP contribution in [0.4, 0.5) is 0 Å². The number of benzene rings is 2. The number of halogens is 2. The molecule has 0 bridgehead atoms. The number of likely N-dealkylation sites (N-methyl/N-ethyl adjacent to an activating group) is 1. The zero-order chi connectivity index (χ0) is 18.4. The molecule has 0 amide bonds. The van der Waals surface area contributed by atoms with E-state index in [0.29, 0.717) is 35.2 Å². The third-order valence-electron chi connectivity index (χ3n) is 3.72. The number of hydrogen-bond donors (Lipinski definition) is 0. The van der Waals surface area contributed by atoms with E-state index in [9.17, 15) is 8.42 Å². The lowest BCUT2D eigenvalue weighted by Crippen LogP contribution is -2.37. The molecule has 2 rings (SSSR count). The predicted octanol–water partition coefficient (Wildman–Crippen LogP) is 3.89. The minimum Gasteiger partial charge on any atom is -0.308 e. The van der Waals surface area contributed by atoms with E-state index < -0.39 is 10.0 Å². The molecule has 0 radical (unpaired) electrons. The van der Waals surface area contributed by atoms with Crippen LogP contribution in [-0.4, -0.2) is 44.8 Å². The van der Waals surface area contributed by atoms with Gasteiger partial charge in [-0.05, 0) is 37.4 Å². The van der Waals surface area contributed by atoms with Crippen molar-refractivity contribution in [3.05, 3.63) is 69.7 Å². The van der Waals surface area contributed by atoms with Crippen LogP contribution in [0.3, 0.4) is 0 Å². The normalized spacial score (nSPS) is 12.1. The highest BCUT2D eigenvalue weighted by Crippen LogP contribution is 2.24. The molecule has 0 aliphatic carbocycles. The Hall–Kier alpha value is -1.11. The van der Waals surface area contributed by atoms with E-state index >= 15 is 0 Å². The Morgan fingerprint density at radius 2 is 1.56 bits per heavy atom. The van der Waals surface area contributed by atoms with Crippen LogP contribution < -0.4 is 0 Å². The van der Waals surface area contributed by atoms with Crippen LogP contribution in [0.15, 0.2) is 48.5 Å². The minimum atomic E-state index is -3.49. The average Bonchev–Trinajstić information content (AvgIpc) is 2.55. The van der Waals surface area contributed by atoms with Crippen molar-refractivity contribution >= 4 is 33.2 Å². The number of hydrogen-bond acceptors (Lipinski definition) is 3.